The van der Waals surface area contributed by atoms with Crippen LogP contribution in [0.15, 0.2) is 66.7 Å². The van der Waals surface area contributed by atoms with E-state index < -0.39 is 0 Å². The van der Waals surface area contributed by atoms with Gasteiger partial charge in [-0.25, -0.2) is 4.98 Å². The Morgan fingerprint density at radius 2 is 1.57 bits per heavy atom. The summed E-state index contributed by atoms with van der Waals surface area (Å²) in [4.78, 5) is 20.0. The summed E-state index contributed by atoms with van der Waals surface area (Å²) >= 11 is 1.59. The first kappa shape index (κ1) is 20.3. The van der Waals surface area contributed by atoms with Crippen LogP contribution >= 0.6 is 11.3 Å². The zero-order chi connectivity index (χ0) is 21.1. The molecule has 0 unspecified atom stereocenters. The van der Waals surface area contributed by atoms with E-state index in [0.29, 0.717) is 13.0 Å². The molecular weight excluding hydrogens is 388 g/mol. The number of nitrogens with zero attached hydrogens (tertiary/aromatic N) is 2. The minimum atomic E-state index is 0.0654. The first-order valence-corrected chi connectivity index (χ1v) is 11.1. The Balaban J connectivity index is 1.67. The van der Waals surface area contributed by atoms with Crippen molar-refractivity contribution in [2.45, 2.75) is 40.2 Å². The molecule has 0 radical (unpaired) electrons. The molecule has 0 spiro atoms. The maximum Gasteiger partial charge on any atom is 0.233 e. The van der Waals surface area contributed by atoms with E-state index in [-0.39, 0.29) is 5.91 Å². The average molecular weight is 415 g/mol. The third kappa shape index (κ3) is 4.44. The number of aromatic nitrogens is 1. The van der Waals surface area contributed by atoms with Crippen molar-refractivity contribution < 1.29 is 4.79 Å². The lowest BCUT2D eigenvalue weighted by Crippen LogP contribution is -2.31. The molecule has 3 nitrogen and oxygen atoms in total. The van der Waals surface area contributed by atoms with Gasteiger partial charge in [0, 0.05) is 0 Å². The number of hydrogen-bond donors (Lipinski definition) is 0. The number of amides is 1. The molecule has 4 aromatic rings. The van der Waals surface area contributed by atoms with Gasteiger partial charge in [0.1, 0.15) is 0 Å². The van der Waals surface area contributed by atoms with Gasteiger partial charge in [-0.3, -0.25) is 9.69 Å². The Morgan fingerprint density at radius 3 is 2.27 bits per heavy atom. The van der Waals surface area contributed by atoms with Crippen LogP contribution in [0.3, 0.4) is 0 Å². The smallest absolute Gasteiger partial charge is 0.233 e. The number of benzene rings is 3. The highest BCUT2D eigenvalue weighted by molar-refractivity contribution is 7.22. The fourth-order valence-corrected chi connectivity index (χ4v) is 4.54. The molecule has 0 aliphatic carbocycles. The van der Waals surface area contributed by atoms with E-state index in [4.69, 9.17) is 4.98 Å². The molecule has 1 heterocycles. The standard InChI is InChI=1S/C26H26N2OS/c1-4-20-10-12-21(13-11-20)16-25(29)28(17-22-8-6-5-7-9-22)26-27-23-14-18(2)19(3)15-24(23)30-26/h5-15H,4,16-17H2,1-3H3. The first-order chi connectivity index (χ1) is 14.5. The van der Waals surface area contributed by atoms with Gasteiger partial charge in [0.2, 0.25) is 5.91 Å². The van der Waals surface area contributed by atoms with Crippen molar-refractivity contribution in [1.29, 1.82) is 0 Å². The van der Waals surface area contributed by atoms with E-state index >= 15 is 0 Å². The SMILES string of the molecule is CCc1ccc(CC(=O)N(Cc2ccccc2)c2nc3cc(C)c(C)cc3s2)cc1. The Labute approximate surface area is 182 Å². The third-order valence-corrected chi connectivity index (χ3v) is 6.54. The number of hydrogen-bond acceptors (Lipinski definition) is 3. The molecule has 0 bridgehead atoms. The van der Waals surface area contributed by atoms with Crippen LogP contribution in [-0.2, 0) is 24.2 Å². The zero-order valence-electron chi connectivity index (χ0n) is 17.7. The van der Waals surface area contributed by atoms with E-state index in [1.165, 1.54) is 16.7 Å². The van der Waals surface area contributed by atoms with Crippen molar-refractivity contribution in [3.05, 3.63) is 94.5 Å². The lowest BCUT2D eigenvalue weighted by Gasteiger charge is -2.20. The molecular formula is C26H26N2OS. The fourth-order valence-electron chi connectivity index (χ4n) is 3.47. The maximum absolute atomic E-state index is 13.4. The highest BCUT2D eigenvalue weighted by atomic mass is 32.1. The second-order valence-corrected chi connectivity index (χ2v) is 8.72. The van der Waals surface area contributed by atoms with Crippen LogP contribution in [0, 0.1) is 13.8 Å². The van der Waals surface area contributed by atoms with Gasteiger partial charge in [0.25, 0.3) is 0 Å². The summed E-state index contributed by atoms with van der Waals surface area (Å²) in [5.74, 6) is 0.0654. The quantitative estimate of drug-likeness (QED) is 0.373. The third-order valence-electron chi connectivity index (χ3n) is 5.49. The molecule has 30 heavy (non-hydrogen) atoms. The van der Waals surface area contributed by atoms with Crippen LogP contribution in [0.5, 0.6) is 0 Å². The Kier molecular flexibility index (Phi) is 5.96. The van der Waals surface area contributed by atoms with Gasteiger partial charge < -0.3 is 0 Å². The molecule has 152 valence electrons. The Hall–Kier alpha value is -2.98. The molecule has 0 atom stereocenters. The Bertz CT molecular complexity index is 1120. The molecule has 1 amide bonds. The Morgan fingerprint density at radius 1 is 0.900 bits per heavy atom. The number of anilines is 1. The first-order valence-electron chi connectivity index (χ1n) is 10.3. The lowest BCUT2D eigenvalue weighted by atomic mass is 10.1. The van der Waals surface area contributed by atoms with Crippen LogP contribution in [0.2, 0.25) is 0 Å². The van der Waals surface area contributed by atoms with Gasteiger partial charge in [-0.15, -0.1) is 0 Å². The molecule has 0 fully saturated rings. The van der Waals surface area contributed by atoms with Crippen molar-refractivity contribution in [1.82, 2.24) is 4.98 Å². The topological polar surface area (TPSA) is 33.2 Å². The van der Waals surface area contributed by atoms with Gasteiger partial charge in [0.05, 0.1) is 23.2 Å². The van der Waals surface area contributed by atoms with Gasteiger partial charge in [-0.2, -0.15) is 0 Å². The molecule has 0 saturated carbocycles. The number of carbonyl (C=O) groups excluding carboxylic acids is 1. The summed E-state index contributed by atoms with van der Waals surface area (Å²) in [6.45, 7) is 6.87. The number of rotatable bonds is 6. The van der Waals surface area contributed by atoms with Gasteiger partial charge in [0.15, 0.2) is 5.13 Å². The van der Waals surface area contributed by atoms with Crippen LogP contribution in [-0.4, -0.2) is 10.9 Å². The van der Waals surface area contributed by atoms with E-state index in [9.17, 15) is 4.79 Å². The van der Waals surface area contributed by atoms with Crippen molar-refractivity contribution >= 4 is 32.6 Å². The normalized spacial score (nSPS) is 11.0. The summed E-state index contributed by atoms with van der Waals surface area (Å²) in [7, 11) is 0. The van der Waals surface area contributed by atoms with Gasteiger partial charge >= 0.3 is 0 Å². The summed E-state index contributed by atoms with van der Waals surface area (Å²) in [5, 5.41) is 0.758. The number of carbonyl (C=O) groups is 1. The minimum Gasteiger partial charge on any atom is -0.283 e. The van der Waals surface area contributed by atoms with E-state index in [1.807, 2.05) is 23.1 Å². The van der Waals surface area contributed by atoms with E-state index in [1.54, 1.807) is 11.3 Å². The van der Waals surface area contributed by atoms with Crippen molar-refractivity contribution in [3.8, 4) is 0 Å². The molecule has 3 aromatic carbocycles. The highest BCUT2D eigenvalue weighted by Crippen LogP contribution is 2.32. The van der Waals surface area contributed by atoms with Crippen LogP contribution in [0.4, 0.5) is 5.13 Å². The van der Waals surface area contributed by atoms with E-state index in [2.05, 4.69) is 69.3 Å². The molecule has 0 aliphatic rings. The molecule has 4 rings (SSSR count). The van der Waals surface area contributed by atoms with Gasteiger partial charge in [-0.05, 0) is 60.2 Å². The number of aryl methyl sites for hydroxylation is 3. The van der Waals surface area contributed by atoms with Crippen molar-refractivity contribution in [3.63, 3.8) is 0 Å². The summed E-state index contributed by atoms with van der Waals surface area (Å²) < 4.78 is 1.12. The maximum atomic E-state index is 13.4. The molecule has 0 N–H and O–H groups in total. The predicted molar refractivity (Wildman–Crippen MR) is 126 cm³/mol. The predicted octanol–water partition coefficient (Wildman–Crippen LogP) is 6.25. The second-order valence-electron chi connectivity index (χ2n) is 7.71. The van der Waals surface area contributed by atoms with Crippen LogP contribution < -0.4 is 4.90 Å². The largest absolute Gasteiger partial charge is 0.283 e. The van der Waals surface area contributed by atoms with Crippen LogP contribution in [0.1, 0.15) is 34.7 Å². The summed E-state index contributed by atoms with van der Waals surface area (Å²) in [5.41, 5.74) is 6.83. The molecule has 1 aromatic heterocycles. The molecule has 4 heteroatoms. The molecule has 0 saturated heterocycles. The fraction of sp³-hybridized carbons (Fsp3) is 0.231. The molecule has 0 aliphatic heterocycles. The average Bonchev–Trinajstić information content (AvgIpc) is 3.15. The minimum absolute atomic E-state index is 0.0654. The van der Waals surface area contributed by atoms with E-state index in [0.717, 1.165) is 32.9 Å². The zero-order valence-corrected chi connectivity index (χ0v) is 18.5. The van der Waals surface area contributed by atoms with Gasteiger partial charge in [-0.1, -0.05) is 72.9 Å². The monoisotopic (exact) mass is 414 g/mol. The summed E-state index contributed by atoms with van der Waals surface area (Å²) in [6, 6.07) is 22.7. The number of thiazole rings is 1. The lowest BCUT2D eigenvalue weighted by molar-refractivity contribution is -0.118. The van der Waals surface area contributed by atoms with Crippen molar-refractivity contribution in [2.75, 3.05) is 4.90 Å². The number of fused-ring (bicyclic) bond motifs is 1. The summed E-state index contributed by atoms with van der Waals surface area (Å²) in [6.07, 6.45) is 1.36. The van der Waals surface area contributed by atoms with Crippen molar-refractivity contribution in [2.24, 2.45) is 0 Å². The van der Waals surface area contributed by atoms with Crippen LogP contribution in [0.25, 0.3) is 10.2 Å². The highest BCUT2D eigenvalue weighted by Gasteiger charge is 2.21. The second kappa shape index (κ2) is 8.80.